The van der Waals surface area contributed by atoms with Gasteiger partial charge in [-0.3, -0.25) is 4.79 Å². The first-order valence-electron chi connectivity index (χ1n) is 5.26. The average Bonchev–Trinajstić information content (AvgIpc) is 2.25. The second-order valence-corrected chi connectivity index (χ2v) is 3.56. The fourth-order valence-corrected chi connectivity index (χ4v) is 1.50. The van der Waals surface area contributed by atoms with Crippen molar-refractivity contribution < 1.29 is 13.6 Å². The standard InChI is InChI=1S/C12H15F2NO/c1-4-15(5-2)12(16)9-6-8(3)10(13)7-11(9)14/h6-7H,4-5H2,1-3H3. The molecule has 0 spiro atoms. The summed E-state index contributed by atoms with van der Waals surface area (Å²) in [7, 11) is 0. The van der Waals surface area contributed by atoms with Crippen molar-refractivity contribution in [2.45, 2.75) is 20.8 Å². The number of halogens is 2. The van der Waals surface area contributed by atoms with Crippen molar-refractivity contribution in [1.29, 1.82) is 0 Å². The van der Waals surface area contributed by atoms with Crippen LogP contribution in [0.25, 0.3) is 0 Å². The Bertz CT molecular complexity index is 400. The van der Waals surface area contributed by atoms with Gasteiger partial charge < -0.3 is 4.90 Å². The smallest absolute Gasteiger partial charge is 0.256 e. The zero-order valence-corrected chi connectivity index (χ0v) is 9.68. The first kappa shape index (κ1) is 12.6. The molecule has 0 unspecified atom stereocenters. The minimum absolute atomic E-state index is 0.0670. The average molecular weight is 227 g/mol. The maximum absolute atomic E-state index is 13.4. The van der Waals surface area contributed by atoms with E-state index in [0.29, 0.717) is 13.1 Å². The van der Waals surface area contributed by atoms with Gasteiger partial charge in [-0.2, -0.15) is 0 Å². The maximum atomic E-state index is 13.4. The first-order valence-corrected chi connectivity index (χ1v) is 5.26. The van der Waals surface area contributed by atoms with Crippen molar-refractivity contribution in [3.05, 3.63) is 34.9 Å². The van der Waals surface area contributed by atoms with E-state index in [1.54, 1.807) is 0 Å². The van der Waals surface area contributed by atoms with E-state index in [-0.39, 0.29) is 11.1 Å². The van der Waals surface area contributed by atoms with Gasteiger partial charge in [0.15, 0.2) is 0 Å². The van der Waals surface area contributed by atoms with Crippen LogP contribution in [0.15, 0.2) is 12.1 Å². The molecule has 0 aliphatic rings. The molecule has 0 saturated carbocycles. The molecule has 0 saturated heterocycles. The topological polar surface area (TPSA) is 20.3 Å². The van der Waals surface area contributed by atoms with Crippen LogP contribution < -0.4 is 0 Å². The second-order valence-electron chi connectivity index (χ2n) is 3.56. The molecule has 88 valence electrons. The monoisotopic (exact) mass is 227 g/mol. The van der Waals surface area contributed by atoms with Gasteiger partial charge in [-0.15, -0.1) is 0 Å². The van der Waals surface area contributed by atoms with E-state index in [9.17, 15) is 13.6 Å². The molecule has 16 heavy (non-hydrogen) atoms. The number of carbonyl (C=O) groups is 1. The van der Waals surface area contributed by atoms with E-state index in [0.717, 1.165) is 6.07 Å². The van der Waals surface area contributed by atoms with Gasteiger partial charge in [0.25, 0.3) is 5.91 Å². The highest BCUT2D eigenvalue weighted by molar-refractivity contribution is 5.94. The van der Waals surface area contributed by atoms with Crippen LogP contribution in [-0.2, 0) is 0 Å². The van der Waals surface area contributed by atoms with Crippen molar-refractivity contribution in [3.8, 4) is 0 Å². The predicted octanol–water partition coefficient (Wildman–Crippen LogP) is 2.76. The van der Waals surface area contributed by atoms with Crippen molar-refractivity contribution >= 4 is 5.91 Å². The Balaban J connectivity index is 3.13. The molecule has 0 atom stereocenters. The van der Waals surface area contributed by atoms with Crippen LogP contribution >= 0.6 is 0 Å². The van der Waals surface area contributed by atoms with Crippen LogP contribution in [0.3, 0.4) is 0 Å². The van der Waals surface area contributed by atoms with Gasteiger partial charge in [-0.05, 0) is 32.4 Å². The summed E-state index contributed by atoms with van der Waals surface area (Å²) >= 11 is 0. The maximum Gasteiger partial charge on any atom is 0.256 e. The highest BCUT2D eigenvalue weighted by Crippen LogP contribution is 2.16. The van der Waals surface area contributed by atoms with Crippen LogP contribution in [0, 0.1) is 18.6 Å². The molecule has 1 aromatic carbocycles. The summed E-state index contributed by atoms with van der Waals surface area (Å²) in [4.78, 5) is 13.4. The van der Waals surface area contributed by atoms with E-state index in [1.807, 2.05) is 13.8 Å². The van der Waals surface area contributed by atoms with Crippen molar-refractivity contribution in [2.75, 3.05) is 13.1 Å². The van der Waals surface area contributed by atoms with Gasteiger partial charge in [0.05, 0.1) is 5.56 Å². The molecule has 0 radical (unpaired) electrons. The molecule has 0 bridgehead atoms. The van der Waals surface area contributed by atoms with Gasteiger partial charge in [-0.1, -0.05) is 0 Å². The molecule has 0 fully saturated rings. The van der Waals surface area contributed by atoms with Crippen molar-refractivity contribution in [1.82, 2.24) is 4.90 Å². The molecule has 2 nitrogen and oxygen atoms in total. The molecule has 1 rings (SSSR count). The van der Waals surface area contributed by atoms with Crippen molar-refractivity contribution in [3.63, 3.8) is 0 Å². The molecule has 0 aliphatic heterocycles. The van der Waals surface area contributed by atoms with Crippen LogP contribution in [-0.4, -0.2) is 23.9 Å². The number of carbonyl (C=O) groups excluding carboxylic acids is 1. The normalized spacial score (nSPS) is 10.3. The predicted molar refractivity (Wildman–Crippen MR) is 58.3 cm³/mol. The number of hydrogen-bond acceptors (Lipinski definition) is 1. The van der Waals surface area contributed by atoms with E-state index in [4.69, 9.17) is 0 Å². The third kappa shape index (κ3) is 2.38. The summed E-state index contributed by atoms with van der Waals surface area (Å²) < 4.78 is 26.4. The molecule has 0 N–H and O–H groups in total. The molecule has 1 amide bonds. The van der Waals surface area contributed by atoms with Gasteiger partial charge in [0.2, 0.25) is 0 Å². The number of aryl methyl sites for hydroxylation is 1. The number of hydrogen-bond donors (Lipinski definition) is 0. The molecule has 0 aromatic heterocycles. The molecular formula is C12H15F2NO. The third-order valence-corrected chi connectivity index (χ3v) is 2.53. The van der Waals surface area contributed by atoms with E-state index in [1.165, 1.54) is 17.9 Å². The second kappa shape index (κ2) is 5.05. The fourth-order valence-electron chi connectivity index (χ4n) is 1.50. The quantitative estimate of drug-likeness (QED) is 0.777. The Labute approximate surface area is 93.9 Å². The summed E-state index contributed by atoms with van der Waals surface area (Å²) in [5, 5.41) is 0. The molecule has 4 heteroatoms. The zero-order valence-electron chi connectivity index (χ0n) is 9.68. The van der Waals surface area contributed by atoms with Gasteiger partial charge in [0, 0.05) is 19.2 Å². The molecule has 1 aromatic rings. The van der Waals surface area contributed by atoms with Crippen LogP contribution in [0.4, 0.5) is 8.78 Å². The highest BCUT2D eigenvalue weighted by Gasteiger charge is 2.18. The van der Waals surface area contributed by atoms with E-state index < -0.39 is 17.5 Å². The van der Waals surface area contributed by atoms with Crippen molar-refractivity contribution in [2.24, 2.45) is 0 Å². The lowest BCUT2D eigenvalue weighted by atomic mass is 10.1. The minimum atomic E-state index is -0.806. The summed E-state index contributed by atoms with van der Waals surface area (Å²) in [6, 6.07) is 2.01. The Morgan fingerprint density at radius 1 is 1.19 bits per heavy atom. The molecule has 0 heterocycles. The summed E-state index contributed by atoms with van der Waals surface area (Å²) in [5.74, 6) is -1.83. The lowest BCUT2D eigenvalue weighted by molar-refractivity contribution is 0.0768. The number of benzene rings is 1. The van der Waals surface area contributed by atoms with E-state index >= 15 is 0 Å². The Kier molecular flexibility index (Phi) is 3.99. The van der Waals surface area contributed by atoms with Crippen LogP contribution in [0.2, 0.25) is 0 Å². The van der Waals surface area contributed by atoms with Gasteiger partial charge in [-0.25, -0.2) is 8.78 Å². The minimum Gasteiger partial charge on any atom is -0.339 e. The molecular weight excluding hydrogens is 212 g/mol. The lowest BCUT2D eigenvalue weighted by Gasteiger charge is -2.19. The van der Waals surface area contributed by atoms with E-state index in [2.05, 4.69) is 0 Å². The van der Waals surface area contributed by atoms with Crippen LogP contribution in [0.1, 0.15) is 29.8 Å². The summed E-state index contributed by atoms with van der Waals surface area (Å²) in [6.07, 6.45) is 0. The SMILES string of the molecule is CCN(CC)C(=O)c1cc(C)c(F)cc1F. The highest BCUT2D eigenvalue weighted by atomic mass is 19.1. The number of rotatable bonds is 3. The molecule has 0 aliphatic carbocycles. The Morgan fingerprint density at radius 2 is 1.75 bits per heavy atom. The van der Waals surface area contributed by atoms with Gasteiger partial charge >= 0.3 is 0 Å². The Morgan fingerprint density at radius 3 is 2.25 bits per heavy atom. The largest absolute Gasteiger partial charge is 0.339 e. The number of nitrogens with zero attached hydrogens (tertiary/aromatic N) is 1. The summed E-state index contributed by atoms with van der Waals surface area (Å²) in [6.45, 7) is 6.15. The zero-order chi connectivity index (χ0) is 12.3. The lowest BCUT2D eigenvalue weighted by Crippen LogP contribution is -2.31. The third-order valence-electron chi connectivity index (χ3n) is 2.53. The fraction of sp³-hybridized carbons (Fsp3) is 0.417. The summed E-state index contributed by atoms with van der Waals surface area (Å²) in [5.41, 5.74) is 0.208. The van der Waals surface area contributed by atoms with Crippen LogP contribution in [0.5, 0.6) is 0 Å². The number of amides is 1. The Hall–Kier alpha value is -1.45. The van der Waals surface area contributed by atoms with Gasteiger partial charge in [0.1, 0.15) is 11.6 Å². The first-order chi connectivity index (χ1) is 7.51.